The van der Waals surface area contributed by atoms with Gasteiger partial charge in [-0.2, -0.15) is 18.3 Å². The van der Waals surface area contributed by atoms with Gasteiger partial charge in [-0.05, 0) is 47.9 Å². The number of amides is 1. The Balaban J connectivity index is 1.94. The Morgan fingerprint density at radius 1 is 1.10 bits per heavy atom. The minimum Gasteiger partial charge on any atom is -0.497 e. The number of hydrogen-bond acceptors (Lipinski definition) is 3. The van der Waals surface area contributed by atoms with Crippen LogP contribution in [0.5, 0.6) is 5.75 Å². The molecule has 2 aromatic carbocycles. The number of alkyl halides is 3. The number of fused-ring (bicyclic) bond motifs is 1. The lowest BCUT2D eigenvalue weighted by atomic mass is 9.93. The first-order valence-corrected chi connectivity index (χ1v) is 9.85. The first kappa shape index (κ1) is 21.0. The van der Waals surface area contributed by atoms with Gasteiger partial charge in [-0.1, -0.05) is 26.0 Å². The number of carbonyl (C=O) groups excluding carboxylic acids is 1. The molecule has 4 rings (SSSR count). The third-order valence-corrected chi connectivity index (χ3v) is 5.49. The van der Waals surface area contributed by atoms with E-state index in [1.54, 1.807) is 37.4 Å². The van der Waals surface area contributed by atoms with E-state index in [9.17, 15) is 18.0 Å². The minimum absolute atomic E-state index is 0.00753. The maximum Gasteiger partial charge on any atom is 0.416 e. The van der Waals surface area contributed by atoms with Crippen LogP contribution in [0.25, 0.3) is 0 Å². The highest BCUT2D eigenvalue weighted by atomic mass is 19.4. The van der Waals surface area contributed by atoms with Crippen molar-refractivity contribution in [1.29, 1.82) is 0 Å². The summed E-state index contributed by atoms with van der Waals surface area (Å²) in [5, 5.41) is 4.51. The average Bonchev–Trinajstić information content (AvgIpc) is 3.23. The van der Waals surface area contributed by atoms with Crippen LogP contribution in [0.4, 0.5) is 18.9 Å². The third-order valence-electron chi connectivity index (χ3n) is 5.49. The van der Waals surface area contributed by atoms with Crippen LogP contribution in [-0.2, 0) is 13.2 Å². The van der Waals surface area contributed by atoms with Gasteiger partial charge < -0.3 is 4.74 Å². The molecule has 1 aromatic heterocycles. The van der Waals surface area contributed by atoms with Gasteiger partial charge in [0.1, 0.15) is 11.4 Å². The Morgan fingerprint density at radius 3 is 2.35 bits per heavy atom. The normalized spacial score (nSPS) is 16.2. The Kier molecular flexibility index (Phi) is 5.03. The smallest absolute Gasteiger partial charge is 0.416 e. The van der Waals surface area contributed by atoms with E-state index >= 15 is 0 Å². The van der Waals surface area contributed by atoms with Crippen molar-refractivity contribution in [3.8, 4) is 5.75 Å². The highest BCUT2D eigenvalue weighted by molar-refractivity contribution is 6.11. The quantitative estimate of drug-likeness (QED) is 0.564. The molecule has 0 saturated carbocycles. The molecule has 3 aromatic rings. The molecule has 0 saturated heterocycles. The van der Waals surface area contributed by atoms with Gasteiger partial charge in [-0.25, -0.2) is 0 Å². The fourth-order valence-electron chi connectivity index (χ4n) is 4.08. The Labute approximate surface area is 178 Å². The molecule has 1 aliphatic rings. The summed E-state index contributed by atoms with van der Waals surface area (Å²) in [7, 11) is 3.22. The lowest BCUT2D eigenvalue weighted by molar-refractivity contribution is -0.137. The molecular formula is C23H22F3N3O2. The number of anilines is 1. The number of hydrogen-bond donors (Lipinski definition) is 0. The highest BCUT2D eigenvalue weighted by Crippen LogP contribution is 2.45. The lowest BCUT2D eigenvalue weighted by Crippen LogP contribution is -2.30. The molecule has 1 atom stereocenters. The summed E-state index contributed by atoms with van der Waals surface area (Å²) in [6.45, 7) is 3.90. The van der Waals surface area contributed by atoms with Crippen LogP contribution in [0.2, 0.25) is 0 Å². The Morgan fingerprint density at radius 2 is 1.77 bits per heavy atom. The van der Waals surface area contributed by atoms with Gasteiger partial charge in [0.2, 0.25) is 0 Å². The molecule has 1 unspecified atom stereocenters. The molecule has 162 valence electrons. The van der Waals surface area contributed by atoms with Crippen LogP contribution in [0, 0.1) is 0 Å². The summed E-state index contributed by atoms with van der Waals surface area (Å²) in [6.07, 6.45) is -4.48. The fourth-order valence-corrected chi connectivity index (χ4v) is 4.08. The van der Waals surface area contributed by atoms with E-state index in [0.717, 1.165) is 12.1 Å². The van der Waals surface area contributed by atoms with Crippen molar-refractivity contribution in [2.45, 2.75) is 32.0 Å². The van der Waals surface area contributed by atoms with Crippen molar-refractivity contribution in [1.82, 2.24) is 9.78 Å². The number of nitrogens with zero attached hydrogens (tertiary/aromatic N) is 3. The number of halogens is 3. The van der Waals surface area contributed by atoms with Crippen LogP contribution in [0.1, 0.15) is 58.7 Å². The minimum atomic E-state index is -4.48. The van der Waals surface area contributed by atoms with Crippen molar-refractivity contribution < 1.29 is 22.7 Å². The first-order chi connectivity index (χ1) is 14.6. The van der Waals surface area contributed by atoms with E-state index in [1.165, 1.54) is 22.8 Å². The summed E-state index contributed by atoms with van der Waals surface area (Å²) in [5.74, 6) is 0.310. The second kappa shape index (κ2) is 7.44. The fraction of sp³-hybridized carbons (Fsp3) is 0.304. The predicted octanol–water partition coefficient (Wildman–Crippen LogP) is 5.32. The third kappa shape index (κ3) is 3.45. The maximum absolute atomic E-state index is 13.5. The maximum atomic E-state index is 13.5. The topological polar surface area (TPSA) is 47.4 Å². The van der Waals surface area contributed by atoms with Crippen LogP contribution < -0.4 is 9.64 Å². The zero-order valence-electron chi connectivity index (χ0n) is 17.6. The van der Waals surface area contributed by atoms with Gasteiger partial charge in [0.15, 0.2) is 0 Å². The zero-order chi connectivity index (χ0) is 22.5. The van der Waals surface area contributed by atoms with Crippen molar-refractivity contribution in [2.24, 2.45) is 7.05 Å². The Bertz CT molecular complexity index is 1130. The molecule has 0 spiro atoms. The lowest BCUT2D eigenvalue weighted by Gasteiger charge is -2.27. The van der Waals surface area contributed by atoms with Gasteiger partial charge in [-0.3, -0.25) is 14.4 Å². The summed E-state index contributed by atoms with van der Waals surface area (Å²) in [4.78, 5) is 15.0. The number of methoxy groups -OCH3 is 1. The van der Waals surface area contributed by atoms with E-state index in [0.29, 0.717) is 34.0 Å². The number of aromatic nitrogens is 2. The summed E-state index contributed by atoms with van der Waals surface area (Å²) < 4.78 is 47.0. The summed E-state index contributed by atoms with van der Waals surface area (Å²) >= 11 is 0. The van der Waals surface area contributed by atoms with E-state index < -0.39 is 17.8 Å². The van der Waals surface area contributed by atoms with Gasteiger partial charge in [0, 0.05) is 18.3 Å². The number of carbonyl (C=O) groups is 1. The molecule has 0 N–H and O–H groups in total. The van der Waals surface area contributed by atoms with Gasteiger partial charge >= 0.3 is 6.18 Å². The number of ether oxygens (including phenoxy) is 1. The molecule has 1 amide bonds. The standard InChI is InChI=1S/C23H22F3N3O2/c1-13(2)19-18-20(14-6-5-7-15(12-14)23(24,25)26)29(22(30)21(18)28(3)27-19)16-8-10-17(31-4)11-9-16/h5-13,20H,1-4H3. The molecule has 5 nitrogen and oxygen atoms in total. The van der Waals surface area contributed by atoms with Crippen molar-refractivity contribution in [2.75, 3.05) is 12.0 Å². The van der Waals surface area contributed by atoms with Crippen molar-refractivity contribution in [3.63, 3.8) is 0 Å². The monoisotopic (exact) mass is 429 g/mol. The second-order valence-corrected chi connectivity index (χ2v) is 7.82. The SMILES string of the molecule is COc1ccc(N2C(=O)c3c(c(C(C)C)nn3C)C2c2cccc(C(F)(F)F)c2)cc1. The molecule has 0 fully saturated rings. The molecule has 1 aliphatic heterocycles. The molecule has 0 bridgehead atoms. The molecule has 2 heterocycles. The summed E-state index contributed by atoms with van der Waals surface area (Å²) in [5.41, 5.74) is 1.94. The molecule has 0 aliphatic carbocycles. The largest absolute Gasteiger partial charge is 0.497 e. The molecular weight excluding hydrogens is 407 g/mol. The van der Waals surface area contributed by atoms with Crippen molar-refractivity contribution >= 4 is 11.6 Å². The van der Waals surface area contributed by atoms with Crippen LogP contribution in [0.3, 0.4) is 0 Å². The van der Waals surface area contributed by atoms with Crippen LogP contribution >= 0.6 is 0 Å². The zero-order valence-corrected chi connectivity index (χ0v) is 17.6. The number of aryl methyl sites for hydroxylation is 1. The van der Waals surface area contributed by atoms with E-state index in [1.807, 2.05) is 13.8 Å². The van der Waals surface area contributed by atoms with E-state index in [-0.39, 0.29) is 11.8 Å². The van der Waals surface area contributed by atoms with E-state index in [4.69, 9.17) is 4.74 Å². The highest BCUT2D eigenvalue weighted by Gasteiger charge is 2.45. The van der Waals surface area contributed by atoms with Gasteiger partial charge in [0.05, 0.1) is 24.4 Å². The van der Waals surface area contributed by atoms with Crippen molar-refractivity contribution in [3.05, 3.63) is 76.6 Å². The van der Waals surface area contributed by atoms with Crippen LogP contribution in [-0.4, -0.2) is 22.8 Å². The van der Waals surface area contributed by atoms with Crippen LogP contribution in [0.15, 0.2) is 48.5 Å². The van der Waals surface area contributed by atoms with Gasteiger partial charge in [0.25, 0.3) is 5.91 Å². The number of rotatable bonds is 4. The molecule has 8 heteroatoms. The first-order valence-electron chi connectivity index (χ1n) is 9.85. The average molecular weight is 429 g/mol. The molecule has 31 heavy (non-hydrogen) atoms. The summed E-state index contributed by atoms with van der Waals surface area (Å²) in [6, 6.07) is 11.3. The predicted molar refractivity (Wildman–Crippen MR) is 110 cm³/mol. The number of benzene rings is 2. The van der Waals surface area contributed by atoms with Gasteiger partial charge in [-0.15, -0.1) is 0 Å². The Hall–Kier alpha value is -3.29. The van der Waals surface area contributed by atoms with E-state index in [2.05, 4.69) is 5.10 Å². The molecule has 0 radical (unpaired) electrons. The second-order valence-electron chi connectivity index (χ2n) is 7.82.